The minimum Gasteiger partial charge on any atom is -0.298 e. The molecule has 0 unspecified atom stereocenters. The summed E-state index contributed by atoms with van der Waals surface area (Å²) in [5.41, 5.74) is -1.79. The van der Waals surface area contributed by atoms with Crippen molar-refractivity contribution in [2.75, 3.05) is 0 Å². The Balaban J connectivity index is 3.35. The van der Waals surface area contributed by atoms with E-state index in [2.05, 4.69) is 0 Å². The molecule has 0 bridgehead atoms. The lowest BCUT2D eigenvalue weighted by atomic mass is 10.1. The molecule has 0 amide bonds. The highest BCUT2D eigenvalue weighted by molar-refractivity contribution is 5.75. The number of alkyl halides is 2. The van der Waals surface area contributed by atoms with E-state index in [1.807, 2.05) is 0 Å². The van der Waals surface area contributed by atoms with Crippen LogP contribution in [0, 0.1) is 11.6 Å². The minimum absolute atomic E-state index is 0.00963. The van der Waals surface area contributed by atoms with E-state index < -0.39 is 29.2 Å². The molecule has 70 valence electrons. The van der Waals surface area contributed by atoms with Gasteiger partial charge in [0.25, 0.3) is 6.43 Å². The summed E-state index contributed by atoms with van der Waals surface area (Å²) in [5.74, 6) is -2.43. The van der Waals surface area contributed by atoms with Crippen LogP contribution >= 0.6 is 0 Å². The van der Waals surface area contributed by atoms with Gasteiger partial charge in [0, 0.05) is 0 Å². The summed E-state index contributed by atoms with van der Waals surface area (Å²) in [4.78, 5) is 10.1. The average molecular weight is 192 g/mol. The third-order valence-electron chi connectivity index (χ3n) is 1.46. The number of hydrogen-bond acceptors (Lipinski definition) is 1. The molecule has 1 nitrogen and oxygen atoms in total. The average Bonchev–Trinajstić information content (AvgIpc) is 2.08. The Bertz CT molecular complexity index is 335. The maximum absolute atomic E-state index is 12.8. The molecule has 13 heavy (non-hydrogen) atoms. The van der Waals surface area contributed by atoms with Crippen LogP contribution in [0.4, 0.5) is 17.6 Å². The van der Waals surface area contributed by atoms with Crippen molar-refractivity contribution in [1.29, 1.82) is 0 Å². The fourth-order valence-corrected chi connectivity index (χ4v) is 0.877. The van der Waals surface area contributed by atoms with Crippen molar-refractivity contribution in [3.63, 3.8) is 0 Å². The zero-order chi connectivity index (χ0) is 10.0. The Morgan fingerprint density at radius 1 is 1.23 bits per heavy atom. The molecule has 0 aliphatic carbocycles. The van der Waals surface area contributed by atoms with Gasteiger partial charge in [-0.15, -0.1) is 0 Å². The van der Waals surface area contributed by atoms with E-state index in [9.17, 15) is 22.4 Å². The van der Waals surface area contributed by atoms with E-state index >= 15 is 0 Å². The summed E-state index contributed by atoms with van der Waals surface area (Å²) in [7, 11) is 0. The van der Waals surface area contributed by atoms with Crippen molar-refractivity contribution in [1.82, 2.24) is 0 Å². The quantitative estimate of drug-likeness (QED) is 0.520. The summed E-state index contributed by atoms with van der Waals surface area (Å²) in [6.45, 7) is 0. The molecule has 0 heterocycles. The Morgan fingerprint density at radius 3 is 2.31 bits per heavy atom. The van der Waals surface area contributed by atoms with Crippen molar-refractivity contribution in [2.24, 2.45) is 0 Å². The van der Waals surface area contributed by atoms with Crippen LogP contribution in [0.1, 0.15) is 22.3 Å². The molecule has 0 saturated carbocycles. The van der Waals surface area contributed by atoms with Crippen molar-refractivity contribution < 1.29 is 22.4 Å². The Hall–Kier alpha value is -1.39. The van der Waals surface area contributed by atoms with Gasteiger partial charge in [0.2, 0.25) is 0 Å². The maximum Gasteiger partial charge on any atom is 0.266 e. The van der Waals surface area contributed by atoms with E-state index in [4.69, 9.17) is 0 Å². The molecule has 1 aromatic carbocycles. The zero-order valence-corrected chi connectivity index (χ0v) is 6.23. The van der Waals surface area contributed by atoms with Crippen molar-refractivity contribution in [3.8, 4) is 0 Å². The third-order valence-corrected chi connectivity index (χ3v) is 1.46. The lowest BCUT2D eigenvalue weighted by Gasteiger charge is -2.03. The first-order valence-electron chi connectivity index (χ1n) is 3.28. The molecule has 0 radical (unpaired) electrons. The summed E-state index contributed by atoms with van der Waals surface area (Å²) >= 11 is 0. The highest BCUT2D eigenvalue weighted by atomic mass is 19.3. The fourth-order valence-electron chi connectivity index (χ4n) is 0.877. The normalized spacial score (nSPS) is 10.5. The van der Waals surface area contributed by atoms with Crippen LogP contribution in [-0.2, 0) is 0 Å². The van der Waals surface area contributed by atoms with Gasteiger partial charge in [0.15, 0.2) is 6.29 Å². The molecule has 0 aliphatic rings. The first kappa shape index (κ1) is 9.70. The second kappa shape index (κ2) is 3.55. The molecule has 0 saturated heterocycles. The highest BCUT2D eigenvalue weighted by Crippen LogP contribution is 2.24. The van der Waals surface area contributed by atoms with E-state index in [1.54, 1.807) is 0 Å². The maximum atomic E-state index is 12.8. The van der Waals surface area contributed by atoms with Gasteiger partial charge >= 0.3 is 0 Å². The number of carbonyl (C=O) groups excluding carboxylic acids is 1. The van der Waals surface area contributed by atoms with Gasteiger partial charge in [0.05, 0.1) is 11.1 Å². The van der Waals surface area contributed by atoms with Gasteiger partial charge in [-0.05, 0) is 12.1 Å². The Kier molecular flexibility index (Phi) is 2.65. The van der Waals surface area contributed by atoms with Gasteiger partial charge in [0.1, 0.15) is 11.6 Å². The molecular formula is C8H4F4O. The molecule has 0 spiro atoms. The first-order chi connectivity index (χ1) is 6.06. The standard InChI is InChI=1S/C8H4F4O/c9-5-1-4(3-13)7(10)6(2-5)8(11)12/h1-3,8H. The minimum atomic E-state index is -3.13. The van der Waals surface area contributed by atoms with Gasteiger partial charge in [-0.3, -0.25) is 4.79 Å². The van der Waals surface area contributed by atoms with Crippen LogP contribution < -0.4 is 0 Å². The molecule has 1 aromatic rings. The lowest BCUT2D eigenvalue weighted by molar-refractivity contribution is 0.111. The highest BCUT2D eigenvalue weighted by Gasteiger charge is 2.17. The molecule has 0 aliphatic heterocycles. The smallest absolute Gasteiger partial charge is 0.266 e. The van der Waals surface area contributed by atoms with Crippen molar-refractivity contribution in [3.05, 3.63) is 34.9 Å². The van der Waals surface area contributed by atoms with Gasteiger partial charge < -0.3 is 0 Å². The monoisotopic (exact) mass is 192 g/mol. The topological polar surface area (TPSA) is 17.1 Å². The predicted octanol–water partition coefficient (Wildman–Crippen LogP) is 2.71. The third kappa shape index (κ3) is 1.85. The lowest BCUT2D eigenvalue weighted by Crippen LogP contribution is -1.98. The fraction of sp³-hybridized carbons (Fsp3) is 0.125. The summed E-state index contributed by atoms with van der Waals surface area (Å²) in [5, 5.41) is 0. The first-order valence-corrected chi connectivity index (χ1v) is 3.28. The van der Waals surface area contributed by atoms with Crippen molar-refractivity contribution in [2.45, 2.75) is 6.43 Å². The second-order valence-electron chi connectivity index (χ2n) is 2.32. The van der Waals surface area contributed by atoms with Crippen LogP contribution in [0.2, 0.25) is 0 Å². The largest absolute Gasteiger partial charge is 0.298 e. The van der Waals surface area contributed by atoms with Gasteiger partial charge in [-0.2, -0.15) is 0 Å². The number of aldehydes is 1. The molecular weight excluding hydrogens is 188 g/mol. The van der Waals surface area contributed by atoms with E-state index in [-0.39, 0.29) is 6.29 Å². The van der Waals surface area contributed by atoms with Gasteiger partial charge in [-0.1, -0.05) is 0 Å². The number of hydrogen-bond donors (Lipinski definition) is 0. The second-order valence-corrected chi connectivity index (χ2v) is 2.32. The van der Waals surface area contributed by atoms with Crippen molar-refractivity contribution >= 4 is 6.29 Å². The predicted molar refractivity (Wildman–Crippen MR) is 36.7 cm³/mol. The van der Waals surface area contributed by atoms with Crippen LogP contribution in [0.3, 0.4) is 0 Å². The molecule has 1 rings (SSSR count). The van der Waals surface area contributed by atoms with Crippen LogP contribution in [-0.4, -0.2) is 6.29 Å². The SMILES string of the molecule is O=Cc1cc(F)cc(C(F)F)c1F. The van der Waals surface area contributed by atoms with E-state index in [0.29, 0.717) is 12.1 Å². The Labute approximate surface area is 71.0 Å². The molecule has 0 atom stereocenters. The summed E-state index contributed by atoms with van der Waals surface area (Å²) < 4.78 is 49.3. The number of halogens is 4. The number of rotatable bonds is 2. The number of benzene rings is 1. The summed E-state index contributed by atoms with van der Waals surface area (Å²) in [6.07, 6.45) is -3.14. The van der Waals surface area contributed by atoms with Gasteiger partial charge in [-0.25, -0.2) is 17.6 Å². The Morgan fingerprint density at radius 2 is 1.85 bits per heavy atom. The van der Waals surface area contributed by atoms with Crippen LogP contribution in [0.5, 0.6) is 0 Å². The molecule has 0 N–H and O–H groups in total. The van der Waals surface area contributed by atoms with Crippen LogP contribution in [0.25, 0.3) is 0 Å². The molecule has 5 heteroatoms. The summed E-state index contributed by atoms with van der Waals surface area (Å²) in [6, 6.07) is 0.932. The van der Waals surface area contributed by atoms with E-state index in [0.717, 1.165) is 0 Å². The molecule has 0 aromatic heterocycles. The zero-order valence-electron chi connectivity index (χ0n) is 6.23. The van der Waals surface area contributed by atoms with Crippen LogP contribution in [0.15, 0.2) is 12.1 Å². The molecule has 0 fully saturated rings. The van der Waals surface area contributed by atoms with E-state index in [1.165, 1.54) is 0 Å². The number of carbonyl (C=O) groups is 1.